The summed E-state index contributed by atoms with van der Waals surface area (Å²) in [6.07, 6.45) is -0.795. The van der Waals surface area contributed by atoms with Gasteiger partial charge in [-0.1, -0.05) is 75.5 Å². The number of rotatable bonds is 7. The number of nitrogens with one attached hydrogen (secondary N) is 3. The SMILES string of the molecule is C.C.CC(=O)c1ccccc1N.CC(=O)c1ccccc1NC(=O)OC(C)(C)C.CC(Cl)c1ccccc1NC(=O)OC(C)(C)C.CC(O)c1ccccc1NC(=O)OC(C)(C)C.CO.O=BC#CO.O=S(Cl)Cl.[B].[H-].[Na+]. The van der Waals surface area contributed by atoms with Crippen LogP contribution in [-0.4, -0.2) is 88.9 Å². The molecule has 3 amide bonds. The number of anilines is 4. The molecule has 0 saturated heterocycles. The number of amides is 3. The fourth-order valence-corrected chi connectivity index (χ4v) is 5.11. The average Bonchev–Trinajstić information content (AvgIpc) is 3.24. The molecule has 0 fully saturated rings. The molecule has 0 saturated carbocycles. The van der Waals surface area contributed by atoms with E-state index in [9.17, 15) is 29.1 Å². The minimum Gasteiger partial charge on any atom is -1.00 e. The van der Waals surface area contributed by atoms with Crippen LogP contribution in [0.25, 0.3) is 0 Å². The van der Waals surface area contributed by atoms with Crippen LogP contribution in [0, 0.1) is 11.9 Å². The number of carbonyl (C=O) groups excluding carboxylic acids is 5. The number of ketones is 2. The predicted molar refractivity (Wildman–Crippen MR) is 309 cm³/mol. The molecule has 2 unspecified atom stereocenters. The molecule has 0 aromatic heterocycles. The van der Waals surface area contributed by atoms with Crippen molar-refractivity contribution in [1.29, 1.82) is 0 Å². The number of carbonyl (C=O) groups is 5. The van der Waals surface area contributed by atoms with E-state index in [1.807, 2.05) is 58.0 Å². The van der Waals surface area contributed by atoms with Gasteiger partial charge in [-0.25, -0.2) is 18.6 Å². The predicted octanol–water partition coefficient (Wildman–Crippen LogP) is 10.1. The normalized spacial score (nSPS) is 10.2. The third kappa shape index (κ3) is 45.3. The first-order chi connectivity index (χ1) is 33.2. The van der Waals surface area contributed by atoms with Gasteiger partial charge in [0.15, 0.2) is 11.6 Å². The molecule has 2 atom stereocenters. The number of ether oxygens (including phenoxy) is 3. The summed E-state index contributed by atoms with van der Waals surface area (Å²) in [6, 6.07) is 28.4. The first-order valence-corrected chi connectivity index (χ1v) is 24.7. The molecular weight excluding hydrogens is 1070 g/mol. The van der Waals surface area contributed by atoms with Gasteiger partial charge in [-0.15, -0.1) is 11.6 Å². The Morgan fingerprint density at radius 1 is 0.632 bits per heavy atom. The fourth-order valence-electron chi connectivity index (χ4n) is 4.92. The van der Waals surface area contributed by atoms with E-state index >= 15 is 0 Å². The summed E-state index contributed by atoms with van der Waals surface area (Å²) in [5.41, 5.74) is 8.77. The van der Waals surface area contributed by atoms with E-state index in [0.717, 1.165) is 12.7 Å². The van der Waals surface area contributed by atoms with Gasteiger partial charge in [0.2, 0.25) is 9.23 Å². The number of hydrogen-bond acceptors (Lipinski definition) is 14. The van der Waals surface area contributed by atoms with Crippen molar-refractivity contribution in [2.75, 3.05) is 28.8 Å². The quantitative estimate of drug-likeness (QED) is 0.0173. The Balaban J connectivity index is -0.000000128. The number of aliphatic hydroxyl groups is 3. The summed E-state index contributed by atoms with van der Waals surface area (Å²) in [6.45, 7) is 22.7. The monoisotopic (exact) mass is 1150 g/mol. The summed E-state index contributed by atoms with van der Waals surface area (Å²) >= 11 is 6.03. The minimum atomic E-state index is -1.67. The van der Waals surface area contributed by atoms with Gasteiger partial charge in [-0.3, -0.25) is 25.5 Å². The van der Waals surface area contributed by atoms with Gasteiger partial charge in [0, 0.05) is 70.6 Å². The summed E-state index contributed by atoms with van der Waals surface area (Å²) in [5.74, 6) is 1.65. The van der Waals surface area contributed by atoms with E-state index in [2.05, 4.69) is 37.3 Å². The standard InChI is InChI=1S/C13H18ClNO2.C13H19NO3.C13H17NO3.C8H9NO.C2HBO2.CH4O.2CH4.B.Cl2OS.Na.H/c1-9(14)10-7-5-6-8-11(10)15-12(16)17-13(2,3)4;2*1-9(15)10-7-5-6-8-11(10)14-12(16)17-13(2,3)4;1-6(10)7-4-2-3-5-8(7)9;4-2-1-3-5;1-2;;;;1-4(2)3;;/h5-9H,1-4H3,(H,15,16);5-9,15H,1-4H3,(H,14,16);5-8H,1-4H3,(H,14,16);2-5H,9H2,1H3;4H;2H,1H3;2*1H4;;;;/q;;;;;;;;;;+1;-1. The molecular formula is C52H77B2Cl3N4NaO13S. The van der Waals surface area contributed by atoms with Gasteiger partial charge in [-0.05, 0) is 132 Å². The van der Waals surface area contributed by atoms with Crippen molar-refractivity contribution >= 4 is 110 Å². The van der Waals surface area contributed by atoms with Gasteiger partial charge >= 0.3 is 76.7 Å². The van der Waals surface area contributed by atoms with Gasteiger partial charge in [0.1, 0.15) is 16.8 Å². The number of hydrogen-bond donors (Lipinski definition) is 7. The van der Waals surface area contributed by atoms with Crippen LogP contribution in [0.15, 0.2) is 97.1 Å². The summed E-state index contributed by atoms with van der Waals surface area (Å²) in [4.78, 5) is 56.9. The molecule has 0 aliphatic rings. The number of aliphatic hydroxyl groups excluding tert-OH is 3. The molecule has 4 aromatic carbocycles. The average molecular weight is 1150 g/mol. The van der Waals surface area contributed by atoms with Crippen molar-refractivity contribution in [3.8, 4) is 11.9 Å². The Labute approximate surface area is 493 Å². The number of nitrogen functional groups attached to an aromatic ring is 1. The molecule has 24 heteroatoms. The van der Waals surface area contributed by atoms with E-state index < -0.39 is 50.4 Å². The zero-order valence-corrected chi connectivity index (χ0v) is 49.7. The number of nitrogens with two attached hydrogens (primary N) is 1. The van der Waals surface area contributed by atoms with Crippen molar-refractivity contribution in [3.05, 3.63) is 119 Å². The Kier molecular flexibility index (Phi) is 50.5. The summed E-state index contributed by atoms with van der Waals surface area (Å²) < 4.78 is 33.6. The first kappa shape index (κ1) is 85.0. The van der Waals surface area contributed by atoms with Crippen LogP contribution >= 0.6 is 33.0 Å². The molecule has 0 spiro atoms. The second kappa shape index (κ2) is 45.1. The minimum absolute atomic E-state index is 0. The van der Waals surface area contributed by atoms with Crippen molar-refractivity contribution in [2.24, 2.45) is 0 Å². The van der Waals surface area contributed by atoms with E-state index in [-0.39, 0.29) is 71.2 Å². The van der Waals surface area contributed by atoms with E-state index in [4.69, 9.17) is 50.7 Å². The number of benzene rings is 4. The van der Waals surface area contributed by atoms with E-state index in [0.29, 0.717) is 46.6 Å². The largest absolute Gasteiger partial charge is 1.00 e. The maximum atomic E-state index is 11.6. The van der Waals surface area contributed by atoms with E-state index in [1.165, 1.54) is 20.0 Å². The Hall–Kier alpha value is -4.94. The number of para-hydroxylation sites is 4. The molecule has 0 bridgehead atoms. The fraction of sp³-hybridized carbons (Fsp3) is 0.404. The van der Waals surface area contributed by atoms with Gasteiger partial charge < -0.3 is 31.6 Å². The second-order valence-corrected chi connectivity index (χ2v) is 20.3. The Bertz CT molecular complexity index is 2340. The van der Waals surface area contributed by atoms with Crippen LogP contribution in [0.3, 0.4) is 0 Å². The van der Waals surface area contributed by atoms with Gasteiger partial charge in [0.05, 0.1) is 17.2 Å². The zero-order chi connectivity index (χ0) is 56.4. The number of halogens is 3. The molecule has 0 aliphatic carbocycles. The summed E-state index contributed by atoms with van der Waals surface area (Å²) in [7, 11) is 8.68. The molecule has 3 radical (unpaired) electrons. The summed E-state index contributed by atoms with van der Waals surface area (Å²) in [5, 5.41) is 31.8. The van der Waals surface area contributed by atoms with Crippen LogP contribution in [0.1, 0.15) is 150 Å². The van der Waals surface area contributed by atoms with Crippen LogP contribution in [0.4, 0.5) is 37.1 Å². The topological polar surface area (TPSA) is 270 Å². The third-order valence-corrected chi connectivity index (χ3v) is 7.71. The third-order valence-electron chi connectivity index (χ3n) is 7.48. The molecule has 8 N–H and O–H groups in total. The smallest absolute Gasteiger partial charge is 1.00 e. The molecule has 417 valence electrons. The van der Waals surface area contributed by atoms with Crippen LogP contribution in [0.5, 0.6) is 0 Å². The van der Waals surface area contributed by atoms with Crippen LogP contribution in [-0.2, 0) is 28.1 Å². The second-order valence-electron chi connectivity index (χ2n) is 17.2. The Morgan fingerprint density at radius 3 is 1.20 bits per heavy atom. The first-order valence-electron chi connectivity index (χ1n) is 21.5. The van der Waals surface area contributed by atoms with E-state index in [1.54, 1.807) is 121 Å². The van der Waals surface area contributed by atoms with Crippen molar-refractivity contribution < 1.29 is 93.4 Å². The molecule has 0 heterocycles. The van der Waals surface area contributed by atoms with Crippen molar-refractivity contribution in [2.45, 2.75) is 133 Å². The molecule has 0 aliphatic heterocycles. The van der Waals surface area contributed by atoms with Crippen molar-refractivity contribution in [3.63, 3.8) is 0 Å². The molecule has 4 rings (SSSR count). The van der Waals surface area contributed by atoms with Gasteiger partial charge in [0.25, 0.3) is 0 Å². The Morgan fingerprint density at radius 2 is 0.921 bits per heavy atom. The van der Waals surface area contributed by atoms with Crippen LogP contribution in [0.2, 0.25) is 0 Å². The molecule has 76 heavy (non-hydrogen) atoms. The molecule has 17 nitrogen and oxygen atoms in total. The zero-order valence-electron chi connectivity index (χ0n) is 45.6. The molecule has 4 aromatic rings. The maximum absolute atomic E-state index is 11.6. The number of Topliss-reactive ketones (excluding diaryl/α,β-unsaturated/α-hetero) is 2. The maximum Gasteiger partial charge on any atom is 1.00 e. The van der Waals surface area contributed by atoms with Crippen LogP contribution < -0.4 is 51.2 Å². The van der Waals surface area contributed by atoms with Crippen molar-refractivity contribution in [1.82, 2.24) is 0 Å². The number of alkyl halides is 1. The van der Waals surface area contributed by atoms with Gasteiger partial charge in [-0.2, -0.15) is 0 Å².